The number of piperidine rings is 1. The van der Waals surface area contributed by atoms with Crippen LogP contribution in [0.4, 0.5) is 0 Å². The van der Waals surface area contributed by atoms with E-state index in [4.69, 9.17) is 4.99 Å². The maximum Gasteiger partial charge on any atom is 0.157 e. The predicted molar refractivity (Wildman–Crippen MR) is 79.3 cm³/mol. The molecule has 18 heavy (non-hydrogen) atoms. The summed E-state index contributed by atoms with van der Waals surface area (Å²) in [6.07, 6.45) is 6.59. The van der Waals surface area contributed by atoms with Crippen LogP contribution in [0.5, 0.6) is 0 Å². The molecule has 3 aliphatic rings. The Bertz CT molecular complexity index is 319. The second kappa shape index (κ2) is 5.41. The molecule has 4 heteroatoms. The summed E-state index contributed by atoms with van der Waals surface area (Å²) in [5.41, 5.74) is 0. The van der Waals surface area contributed by atoms with Gasteiger partial charge >= 0.3 is 0 Å². The lowest BCUT2D eigenvalue weighted by Gasteiger charge is -2.34. The first-order valence-electron chi connectivity index (χ1n) is 7.46. The van der Waals surface area contributed by atoms with Crippen molar-refractivity contribution in [2.24, 2.45) is 4.99 Å². The largest absolute Gasteiger partial charge is 0.362 e. The predicted octanol–water partition coefficient (Wildman–Crippen LogP) is 2.47. The van der Waals surface area contributed by atoms with Gasteiger partial charge in [0.2, 0.25) is 0 Å². The van der Waals surface area contributed by atoms with Gasteiger partial charge in [-0.2, -0.15) is 0 Å². The molecule has 3 fully saturated rings. The fourth-order valence-corrected chi connectivity index (χ4v) is 4.84. The average molecular weight is 267 g/mol. The molecule has 0 aromatic carbocycles. The topological polar surface area (TPSA) is 27.6 Å². The first-order valence-corrected chi connectivity index (χ1v) is 8.33. The number of hydrogen-bond donors (Lipinski definition) is 1. The summed E-state index contributed by atoms with van der Waals surface area (Å²) in [6.45, 7) is 7.18. The zero-order valence-corrected chi connectivity index (χ0v) is 12.4. The van der Waals surface area contributed by atoms with Crippen LogP contribution in [0.25, 0.3) is 0 Å². The minimum Gasteiger partial charge on any atom is -0.362 e. The van der Waals surface area contributed by atoms with Crippen LogP contribution in [0, 0.1) is 0 Å². The number of nitrogens with zero attached hydrogens (tertiary/aromatic N) is 2. The highest BCUT2D eigenvalue weighted by atomic mass is 32.2. The molecule has 0 spiro atoms. The zero-order valence-electron chi connectivity index (χ0n) is 11.6. The van der Waals surface area contributed by atoms with E-state index in [0.717, 1.165) is 6.04 Å². The Morgan fingerprint density at radius 2 is 2.11 bits per heavy atom. The zero-order chi connectivity index (χ0) is 12.5. The molecule has 0 saturated carbocycles. The third-order valence-electron chi connectivity index (χ3n) is 4.46. The van der Waals surface area contributed by atoms with Crippen molar-refractivity contribution >= 4 is 16.9 Å². The molecule has 4 atom stereocenters. The number of nitrogens with one attached hydrogen (secondary N) is 1. The normalized spacial score (nSPS) is 43.8. The lowest BCUT2D eigenvalue weighted by molar-refractivity contribution is 0.183. The Morgan fingerprint density at radius 1 is 1.22 bits per heavy atom. The molecule has 0 aromatic heterocycles. The van der Waals surface area contributed by atoms with Crippen LogP contribution in [0.15, 0.2) is 4.99 Å². The average Bonchev–Trinajstić information content (AvgIpc) is 2.74. The van der Waals surface area contributed by atoms with Crippen molar-refractivity contribution < 1.29 is 0 Å². The number of rotatable bonds is 1. The van der Waals surface area contributed by atoms with Gasteiger partial charge in [0.1, 0.15) is 0 Å². The van der Waals surface area contributed by atoms with E-state index in [1.54, 1.807) is 0 Å². The van der Waals surface area contributed by atoms with Crippen molar-refractivity contribution in [2.75, 3.05) is 13.1 Å². The Balaban J connectivity index is 1.61. The molecule has 3 saturated heterocycles. The van der Waals surface area contributed by atoms with Crippen LogP contribution in [-0.4, -0.2) is 46.5 Å². The maximum absolute atomic E-state index is 5.00. The smallest absolute Gasteiger partial charge is 0.157 e. The number of thioether (sulfide) groups is 1. The lowest BCUT2D eigenvalue weighted by Crippen LogP contribution is -2.42. The molecule has 3 rings (SSSR count). The monoisotopic (exact) mass is 267 g/mol. The van der Waals surface area contributed by atoms with Gasteiger partial charge in [-0.05, 0) is 45.6 Å². The molecule has 4 unspecified atom stereocenters. The van der Waals surface area contributed by atoms with Crippen LogP contribution >= 0.6 is 11.8 Å². The summed E-state index contributed by atoms with van der Waals surface area (Å²) >= 11 is 1.93. The molecule has 3 heterocycles. The molecule has 1 N–H and O–H groups in total. The highest BCUT2D eigenvalue weighted by Crippen LogP contribution is 2.30. The molecule has 0 aliphatic carbocycles. The molecule has 0 aromatic rings. The number of fused-ring (bicyclic) bond motifs is 1. The summed E-state index contributed by atoms with van der Waals surface area (Å²) < 4.78 is 0. The van der Waals surface area contributed by atoms with Crippen molar-refractivity contribution in [1.82, 2.24) is 10.2 Å². The molecular formula is C14H25N3S. The van der Waals surface area contributed by atoms with Gasteiger partial charge in [-0.3, -0.25) is 4.99 Å². The van der Waals surface area contributed by atoms with Crippen molar-refractivity contribution in [1.29, 1.82) is 0 Å². The molecule has 3 nitrogen and oxygen atoms in total. The van der Waals surface area contributed by atoms with E-state index < -0.39 is 0 Å². The Kier molecular flexibility index (Phi) is 3.85. The Labute approximate surface area is 115 Å². The van der Waals surface area contributed by atoms with Gasteiger partial charge in [0, 0.05) is 23.9 Å². The number of aliphatic imine (C=N–C) groups is 1. The quantitative estimate of drug-likeness (QED) is 0.791. The molecule has 0 bridgehead atoms. The third kappa shape index (κ3) is 2.85. The fraction of sp³-hybridized carbons (Fsp3) is 0.929. The highest BCUT2D eigenvalue weighted by Gasteiger charge is 2.32. The molecule has 102 valence electrons. The van der Waals surface area contributed by atoms with Gasteiger partial charge in [0.05, 0.1) is 6.04 Å². The minimum absolute atomic E-state index is 0.567. The van der Waals surface area contributed by atoms with Crippen LogP contribution < -0.4 is 5.32 Å². The summed E-state index contributed by atoms with van der Waals surface area (Å²) in [6, 6.07) is 1.99. The van der Waals surface area contributed by atoms with Gasteiger partial charge in [-0.1, -0.05) is 18.7 Å². The second-order valence-electron chi connectivity index (χ2n) is 6.15. The van der Waals surface area contributed by atoms with Crippen molar-refractivity contribution in [3.8, 4) is 0 Å². The molecule has 3 aliphatic heterocycles. The first kappa shape index (κ1) is 12.8. The van der Waals surface area contributed by atoms with E-state index in [2.05, 4.69) is 24.1 Å². The molecule has 0 amide bonds. The fourth-order valence-electron chi connectivity index (χ4n) is 3.59. The first-order chi connectivity index (χ1) is 8.70. The van der Waals surface area contributed by atoms with E-state index in [0.29, 0.717) is 17.3 Å². The molecule has 0 radical (unpaired) electrons. The molecular weight excluding hydrogens is 242 g/mol. The van der Waals surface area contributed by atoms with Crippen LogP contribution in [0.1, 0.15) is 46.0 Å². The number of amidine groups is 1. The van der Waals surface area contributed by atoms with Gasteiger partial charge in [0.15, 0.2) is 5.17 Å². The van der Waals surface area contributed by atoms with Gasteiger partial charge in [-0.25, -0.2) is 0 Å². The highest BCUT2D eigenvalue weighted by molar-refractivity contribution is 8.14. The minimum atomic E-state index is 0.567. The van der Waals surface area contributed by atoms with Gasteiger partial charge in [-0.15, -0.1) is 0 Å². The Hall–Kier alpha value is -0.220. The van der Waals surface area contributed by atoms with Crippen LogP contribution in [0.3, 0.4) is 0 Å². The summed E-state index contributed by atoms with van der Waals surface area (Å²) in [5, 5.41) is 5.47. The Morgan fingerprint density at radius 3 is 2.94 bits per heavy atom. The van der Waals surface area contributed by atoms with E-state index in [1.807, 2.05) is 11.8 Å². The van der Waals surface area contributed by atoms with Crippen LogP contribution in [0.2, 0.25) is 0 Å². The van der Waals surface area contributed by atoms with Crippen molar-refractivity contribution in [3.63, 3.8) is 0 Å². The van der Waals surface area contributed by atoms with Crippen molar-refractivity contribution in [2.45, 2.75) is 69.3 Å². The van der Waals surface area contributed by atoms with Gasteiger partial charge in [0.25, 0.3) is 0 Å². The van der Waals surface area contributed by atoms with E-state index in [1.165, 1.54) is 50.4 Å². The standard InChI is InChI=1S/C14H25N3S/c1-10-8-11(2)18-14(15-10)16-12-5-7-17-6-3-4-13(17)9-12/h10-13H,3-9H2,1-2H3,(H,15,16). The van der Waals surface area contributed by atoms with Gasteiger partial charge < -0.3 is 10.2 Å². The number of hydrogen-bond acceptors (Lipinski definition) is 3. The summed E-state index contributed by atoms with van der Waals surface area (Å²) in [4.78, 5) is 7.67. The second-order valence-corrected chi connectivity index (χ2v) is 7.58. The van der Waals surface area contributed by atoms with Crippen molar-refractivity contribution in [3.05, 3.63) is 0 Å². The maximum atomic E-state index is 5.00. The van der Waals surface area contributed by atoms with Crippen LogP contribution in [-0.2, 0) is 0 Å². The van der Waals surface area contributed by atoms with E-state index in [-0.39, 0.29) is 0 Å². The van der Waals surface area contributed by atoms with E-state index >= 15 is 0 Å². The summed E-state index contributed by atoms with van der Waals surface area (Å²) in [7, 11) is 0. The SMILES string of the molecule is CC1CC(C)SC(=NC2CCN3CCCC3C2)N1. The van der Waals surface area contributed by atoms with E-state index in [9.17, 15) is 0 Å². The summed E-state index contributed by atoms with van der Waals surface area (Å²) in [5.74, 6) is 0. The third-order valence-corrected chi connectivity index (χ3v) is 5.50. The lowest BCUT2D eigenvalue weighted by atomic mass is 9.98.